The number of ether oxygens (including phenoxy) is 1. The zero-order chi connectivity index (χ0) is 17.1. The van der Waals surface area contributed by atoms with Gasteiger partial charge in [0.2, 0.25) is 11.9 Å². The number of nitrogens with zero attached hydrogens (tertiary/aromatic N) is 3. The Hall–Kier alpha value is -2.26. The van der Waals surface area contributed by atoms with Crippen LogP contribution in [0.5, 0.6) is 0 Å². The molecule has 0 saturated heterocycles. The third-order valence-electron chi connectivity index (χ3n) is 3.28. The van der Waals surface area contributed by atoms with Gasteiger partial charge in [-0.25, -0.2) is 4.98 Å². The summed E-state index contributed by atoms with van der Waals surface area (Å²) in [5.74, 6) is -0.435. The Labute approximate surface area is 132 Å². The maximum Gasteiger partial charge on any atom is 0.280 e. The molecule has 1 amide bonds. The first kappa shape index (κ1) is 17.1. The van der Waals surface area contributed by atoms with Gasteiger partial charge in [0.15, 0.2) is 11.2 Å². The molecule has 23 heavy (non-hydrogen) atoms. The predicted molar refractivity (Wildman–Crippen MR) is 84.0 cm³/mol. The van der Waals surface area contributed by atoms with Gasteiger partial charge in [-0.1, -0.05) is 13.8 Å². The second-order valence-electron chi connectivity index (χ2n) is 5.61. The zero-order valence-corrected chi connectivity index (χ0v) is 13.5. The van der Waals surface area contributed by atoms with Crippen LogP contribution >= 0.6 is 0 Å². The first-order valence-corrected chi connectivity index (χ1v) is 7.37. The van der Waals surface area contributed by atoms with Gasteiger partial charge in [0.05, 0.1) is 19.0 Å². The molecule has 2 aromatic rings. The highest BCUT2D eigenvalue weighted by molar-refractivity contribution is 5.91. The number of aliphatic hydroxyl groups excluding tert-OH is 1. The molecule has 0 radical (unpaired) electrons. The Morgan fingerprint density at radius 2 is 2.13 bits per heavy atom. The van der Waals surface area contributed by atoms with E-state index in [-0.39, 0.29) is 36.0 Å². The van der Waals surface area contributed by atoms with Crippen molar-refractivity contribution in [1.29, 1.82) is 0 Å². The fourth-order valence-corrected chi connectivity index (χ4v) is 1.96. The number of amides is 1. The molecule has 0 aliphatic rings. The van der Waals surface area contributed by atoms with Crippen LogP contribution in [0.1, 0.15) is 33.9 Å². The fraction of sp³-hybridized carbons (Fsp3) is 0.571. The standard InChI is InChI=1S/C14H21N5O4/c1-7(2)12(21)17-14-16-11-10(13(22)18-14)15-6-19(11)9(4)23-8(3)5-20/h6-9,20H,5H2,1-4H3,(H2,16,17,18,21,22). The topological polar surface area (TPSA) is 122 Å². The van der Waals surface area contributed by atoms with Crippen molar-refractivity contribution in [1.82, 2.24) is 19.5 Å². The number of hydrogen-bond donors (Lipinski definition) is 3. The van der Waals surface area contributed by atoms with Gasteiger partial charge in [-0.3, -0.25) is 24.5 Å². The summed E-state index contributed by atoms with van der Waals surface area (Å²) >= 11 is 0. The quantitative estimate of drug-likeness (QED) is 0.716. The fourth-order valence-electron chi connectivity index (χ4n) is 1.96. The molecule has 0 spiro atoms. The first-order chi connectivity index (χ1) is 10.8. The molecule has 2 rings (SSSR count). The van der Waals surface area contributed by atoms with Crippen molar-refractivity contribution in [2.24, 2.45) is 5.92 Å². The van der Waals surface area contributed by atoms with Gasteiger partial charge < -0.3 is 9.84 Å². The normalized spacial score (nSPS) is 14.2. The van der Waals surface area contributed by atoms with Crippen molar-refractivity contribution in [2.75, 3.05) is 11.9 Å². The summed E-state index contributed by atoms with van der Waals surface area (Å²) in [6.07, 6.45) is 0.588. The van der Waals surface area contributed by atoms with Gasteiger partial charge >= 0.3 is 0 Å². The number of nitrogens with one attached hydrogen (secondary N) is 2. The van der Waals surface area contributed by atoms with Gasteiger partial charge in [-0.2, -0.15) is 4.98 Å². The van der Waals surface area contributed by atoms with E-state index in [4.69, 9.17) is 9.84 Å². The molecule has 2 unspecified atom stereocenters. The average Bonchev–Trinajstić information content (AvgIpc) is 2.91. The molecule has 3 N–H and O–H groups in total. The summed E-state index contributed by atoms with van der Waals surface area (Å²) in [4.78, 5) is 34.6. The van der Waals surface area contributed by atoms with E-state index >= 15 is 0 Å². The molecule has 9 heteroatoms. The van der Waals surface area contributed by atoms with Crippen LogP contribution in [-0.2, 0) is 9.53 Å². The lowest BCUT2D eigenvalue weighted by Gasteiger charge is -2.19. The highest BCUT2D eigenvalue weighted by Crippen LogP contribution is 2.17. The van der Waals surface area contributed by atoms with E-state index < -0.39 is 11.8 Å². The highest BCUT2D eigenvalue weighted by atomic mass is 16.5. The Balaban J connectivity index is 2.39. The molecule has 2 atom stereocenters. The Morgan fingerprint density at radius 1 is 1.43 bits per heavy atom. The van der Waals surface area contributed by atoms with Gasteiger partial charge in [0, 0.05) is 5.92 Å². The number of H-pyrrole nitrogens is 1. The number of anilines is 1. The average molecular weight is 323 g/mol. The predicted octanol–water partition coefficient (Wildman–Crippen LogP) is 0.630. The lowest BCUT2D eigenvalue weighted by atomic mass is 10.2. The maximum atomic E-state index is 12.1. The van der Waals surface area contributed by atoms with Crippen LogP contribution in [-0.4, -0.2) is 43.2 Å². The van der Waals surface area contributed by atoms with Crippen molar-refractivity contribution in [3.8, 4) is 0 Å². The van der Waals surface area contributed by atoms with Crippen molar-refractivity contribution < 1.29 is 14.6 Å². The SMILES string of the molecule is CC(CO)OC(C)n1cnc2c(=O)[nH]c(NC(=O)C(C)C)nc21. The number of aliphatic hydroxyl groups is 1. The van der Waals surface area contributed by atoms with Crippen LogP contribution in [0.2, 0.25) is 0 Å². The third-order valence-corrected chi connectivity index (χ3v) is 3.28. The minimum atomic E-state index is -0.481. The molecule has 126 valence electrons. The maximum absolute atomic E-state index is 12.1. The lowest BCUT2D eigenvalue weighted by Crippen LogP contribution is -2.23. The molecule has 0 aliphatic carbocycles. The number of aromatic nitrogens is 4. The van der Waals surface area contributed by atoms with Crippen LogP contribution in [0.4, 0.5) is 5.95 Å². The first-order valence-electron chi connectivity index (χ1n) is 7.37. The molecule has 0 aromatic carbocycles. The number of carbonyl (C=O) groups is 1. The third kappa shape index (κ3) is 3.74. The molecule has 0 bridgehead atoms. The van der Waals surface area contributed by atoms with E-state index in [1.807, 2.05) is 0 Å². The Kier molecular flexibility index (Phi) is 5.12. The lowest BCUT2D eigenvalue weighted by molar-refractivity contribution is -0.118. The van der Waals surface area contributed by atoms with Gasteiger partial charge in [0.1, 0.15) is 6.23 Å². The Bertz CT molecular complexity index is 751. The van der Waals surface area contributed by atoms with Crippen LogP contribution in [0, 0.1) is 5.92 Å². The Morgan fingerprint density at radius 3 is 2.74 bits per heavy atom. The van der Waals surface area contributed by atoms with Gasteiger partial charge in [-0.05, 0) is 13.8 Å². The van der Waals surface area contributed by atoms with Crippen LogP contribution in [0.15, 0.2) is 11.1 Å². The van der Waals surface area contributed by atoms with E-state index in [0.29, 0.717) is 5.65 Å². The van der Waals surface area contributed by atoms with Gasteiger partial charge in [-0.15, -0.1) is 0 Å². The molecule has 0 saturated carbocycles. The molecule has 0 aliphatic heterocycles. The van der Waals surface area contributed by atoms with Crippen LogP contribution in [0.3, 0.4) is 0 Å². The van der Waals surface area contributed by atoms with Crippen molar-refractivity contribution in [3.05, 3.63) is 16.7 Å². The van der Waals surface area contributed by atoms with Gasteiger partial charge in [0.25, 0.3) is 5.56 Å². The summed E-state index contributed by atoms with van der Waals surface area (Å²) in [6.45, 7) is 6.83. The minimum absolute atomic E-state index is 0.0605. The summed E-state index contributed by atoms with van der Waals surface area (Å²) < 4.78 is 7.16. The van der Waals surface area contributed by atoms with Crippen molar-refractivity contribution >= 4 is 23.0 Å². The number of imidazole rings is 1. The molecule has 2 aromatic heterocycles. The minimum Gasteiger partial charge on any atom is -0.394 e. The van der Waals surface area contributed by atoms with E-state index in [2.05, 4.69) is 20.3 Å². The number of rotatable bonds is 6. The second-order valence-corrected chi connectivity index (χ2v) is 5.61. The molecular formula is C14H21N5O4. The largest absolute Gasteiger partial charge is 0.394 e. The molecule has 9 nitrogen and oxygen atoms in total. The monoisotopic (exact) mass is 323 g/mol. The van der Waals surface area contributed by atoms with Crippen molar-refractivity contribution in [2.45, 2.75) is 40.0 Å². The number of hydrogen-bond acceptors (Lipinski definition) is 6. The van der Waals surface area contributed by atoms with E-state index in [9.17, 15) is 9.59 Å². The van der Waals surface area contributed by atoms with Crippen LogP contribution < -0.4 is 10.9 Å². The summed E-state index contributed by atoms with van der Waals surface area (Å²) in [6, 6.07) is 0. The second kappa shape index (κ2) is 6.88. The highest BCUT2D eigenvalue weighted by Gasteiger charge is 2.17. The number of carbonyl (C=O) groups excluding carboxylic acids is 1. The number of fused-ring (bicyclic) bond motifs is 1. The molecule has 2 heterocycles. The number of aromatic amines is 1. The molecule has 0 fully saturated rings. The van der Waals surface area contributed by atoms with E-state index in [1.165, 1.54) is 6.33 Å². The summed E-state index contributed by atoms with van der Waals surface area (Å²) in [7, 11) is 0. The van der Waals surface area contributed by atoms with E-state index in [0.717, 1.165) is 0 Å². The zero-order valence-electron chi connectivity index (χ0n) is 13.5. The van der Waals surface area contributed by atoms with Crippen LogP contribution in [0.25, 0.3) is 11.2 Å². The summed E-state index contributed by atoms with van der Waals surface area (Å²) in [5, 5.41) is 11.6. The smallest absolute Gasteiger partial charge is 0.280 e. The van der Waals surface area contributed by atoms with Crippen molar-refractivity contribution in [3.63, 3.8) is 0 Å². The van der Waals surface area contributed by atoms with E-state index in [1.54, 1.807) is 32.3 Å². The summed E-state index contributed by atoms with van der Waals surface area (Å²) in [5.41, 5.74) is 0.000283. The molecular weight excluding hydrogens is 302 g/mol.